The first-order chi connectivity index (χ1) is 7.93. The molecule has 0 spiro atoms. The van der Waals surface area contributed by atoms with Gasteiger partial charge in [0.25, 0.3) is 0 Å². The highest BCUT2D eigenvalue weighted by atomic mass is 127. The zero-order valence-electron chi connectivity index (χ0n) is 9.43. The normalized spacial score (nSPS) is 10.4. The molecule has 0 radical (unpaired) electrons. The minimum Gasteiger partial charge on any atom is -0.478 e. The molecule has 0 aromatic heterocycles. The van der Waals surface area contributed by atoms with E-state index in [1.54, 1.807) is 0 Å². The van der Waals surface area contributed by atoms with Crippen LogP contribution in [0.2, 0.25) is 0 Å². The standard InChI is InChI=1S/C11H12I3NO2/c1-3-15(4-2)10-7(13)5-6(12)8(9(10)14)11(16)17/h5H,3-4H2,1-2H3,(H,16,17). The van der Waals surface area contributed by atoms with Crippen LogP contribution in [0.4, 0.5) is 5.69 Å². The fraction of sp³-hybridized carbons (Fsp3) is 0.364. The second-order valence-corrected chi connectivity index (χ2v) is 6.76. The summed E-state index contributed by atoms with van der Waals surface area (Å²) in [5.41, 5.74) is 1.45. The Hall–Kier alpha value is 0.680. The monoisotopic (exact) mass is 571 g/mol. The van der Waals surface area contributed by atoms with Crippen LogP contribution in [0.5, 0.6) is 0 Å². The summed E-state index contributed by atoms with van der Waals surface area (Å²) in [5.74, 6) is -0.858. The van der Waals surface area contributed by atoms with Crippen LogP contribution in [-0.2, 0) is 0 Å². The number of nitrogens with zero attached hydrogens (tertiary/aromatic N) is 1. The molecule has 94 valence electrons. The number of benzene rings is 1. The first-order valence-corrected chi connectivity index (χ1v) is 8.33. The average molecular weight is 571 g/mol. The van der Waals surface area contributed by atoms with Crippen molar-refractivity contribution >= 4 is 79.4 Å². The lowest BCUT2D eigenvalue weighted by atomic mass is 10.2. The Labute approximate surface area is 142 Å². The maximum atomic E-state index is 11.3. The Bertz CT molecular complexity index is 445. The molecule has 0 fully saturated rings. The summed E-state index contributed by atoms with van der Waals surface area (Å²) in [6.07, 6.45) is 0. The molecule has 0 unspecified atom stereocenters. The Morgan fingerprint density at radius 3 is 2.18 bits per heavy atom. The highest BCUT2D eigenvalue weighted by molar-refractivity contribution is 14.1. The second kappa shape index (κ2) is 6.73. The molecule has 6 heteroatoms. The van der Waals surface area contributed by atoms with Crippen LogP contribution in [0.25, 0.3) is 0 Å². The minimum absolute atomic E-state index is 0.411. The van der Waals surface area contributed by atoms with Gasteiger partial charge in [0.2, 0.25) is 0 Å². The van der Waals surface area contributed by atoms with E-state index in [2.05, 4.69) is 86.5 Å². The van der Waals surface area contributed by atoms with Crippen LogP contribution in [0.15, 0.2) is 6.07 Å². The molecule has 0 heterocycles. The zero-order chi connectivity index (χ0) is 13.2. The molecule has 1 aromatic rings. The molecule has 0 saturated heterocycles. The summed E-state index contributed by atoms with van der Waals surface area (Å²) in [5, 5.41) is 9.26. The molecule has 0 saturated carbocycles. The first-order valence-electron chi connectivity index (χ1n) is 5.09. The first kappa shape index (κ1) is 15.7. The molecule has 1 aromatic carbocycles. The van der Waals surface area contributed by atoms with Crippen LogP contribution >= 0.6 is 67.8 Å². The van der Waals surface area contributed by atoms with Crippen molar-refractivity contribution in [2.75, 3.05) is 18.0 Å². The van der Waals surface area contributed by atoms with Gasteiger partial charge in [0.05, 0.1) is 14.8 Å². The van der Waals surface area contributed by atoms with Gasteiger partial charge in [-0.15, -0.1) is 0 Å². The Morgan fingerprint density at radius 2 is 1.76 bits per heavy atom. The molecule has 0 bridgehead atoms. The topological polar surface area (TPSA) is 40.5 Å². The van der Waals surface area contributed by atoms with E-state index in [1.807, 2.05) is 6.07 Å². The fourth-order valence-electron chi connectivity index (χ4n) is 1.61. The SMILES string of the molecule is CCN(CC)c1c(I)cc(I)c(C(=O)O)c1I. The molecule has 1 N–H and O–H groups in total. The van der Waals surface area contributed by atoms with Crippen LogP contribution in [0.3, 0.4) is 0 Å². The average Bonchev–Trinajstić information content (AvgIpc) is 2.22. The number of carbonyl (C=O) groups is 1. The number of hydrogen-bond donors (Lipinski definition) is 1. The lowest BCUT2D eigenvalue weighted by Crippen LogP contribution is -2.25. The van der Waals surface area contributed by atoms with Gasteiger partial charge in [0.15, 0.2) is 0 Å². The van der Waals surface area contributed by atoms with Gasteiger partial charge in [0.1, 0.15) is 0 Å². The van der Waals surface area contributed by atoms with E-state index < -0.39 is 5.97 Å². The maximum absolute atomic E-state index is 11.3. The molecule has 0 aliphatic heterocycles. The molecule has 0 aliphatic rings. The molecular weight excluding hydrogens is 559 g/mol. The van der Waals surface area contributed by atoms with E-state index in [1.165, 1.54) is 0 Å². The highest BCUT2D eigenvalue weighted by Crippen LogP contribution is 2.34. The number of rotatable bonds is 4. The number of halogens is 3. The van der Waals surface area contributed by atoms with Crippen molar-refractivity contribution in [3.8, 4) is 0 Å². The van der Waals surface area contributed by atoms with Crippen LogP contribution in [0, 0.1) is 10.7 Å². The highest BCUT2D eigenvalue weighted by Gasteiger charge is 2.21. The summed E-state index contributed by atoms with van der Waals surface area (Å²) in [6, 6.07) is 1.93. The van der Waals surface area contributed by atoms with E-state index in [0.717, 1.165) is 29.5 Å². The van der Waals surface area contributed by atoms with Gasteiger partial charge in [0, 0.05) is 20.2 Å². The van der Waals surface area contributed by atoms with E-state index in [0.29, 0.717) is 5.56 Å². The van der Waals surface area contributed by atoms with Crippen LogP contribution in [0.1, 0.15) is 24.2 Å². The summed E-state index contributed by atoms with van der Waals surface area (Å²) >= 11 is 6.49. The smallest absolute Gasteiger partial charge is 0.337 e. The number of aromatic carboxylic acids is 1. The summed E-state index contributed by atoms with van der Waals surface area (Å²) in [4.78, 5) is 13.5. The predicted octanol–water partition coefficient (Wildman–Crippen LogP) is 4.04. The molecule has 0 aliphatic carbocycles. The van der Waals surface area contributed by atoms with Gasteiger partial charge in [-0.1, -0.05) is 0 Å². The molecular formula is C11H12I3NO2. The van der Waals surface area contributed by atoms with Crippen molar-refractivity contribution in [2.45, 2.75) is 13.8 Å². The summed E-state index contributed by atoms with van der Waals surface area (Å²) in [7, 11) is 0. The Morgan fingerprint density at radius 1 is 1.24 bits per heavy atom. The third-order valence-electron chi connectivity index (χ3n) is 2.44. The van der Waals surface area contributed by atoms with Crippen molar-refractivity contribution in [3.63, 3.8) is 0 Å². The van der Waals surface area contributed by atoms with Gasteiger partial charge in [-0.25, -0.2) is 4.79 Å². The third kappa shape index (κ3) is 3.37. The maximum Gasteiger partial charge on any atom is 0.337 e. The number of carboxylic acid groups (broad SMARTS) is 1. The van der Waals surface area contributed by atoms with Crippen molar-refractivity contribution in [1.29, 1.82) is 0 Å². The summed E-state index contributed by atoms with van der Waals surface area (Å²) in [6.45, 7) is 5.91. The van der Waals surface area contributed by atoms with Gasteiger partial charge in [-0.2, -0.15) is 0 Å². The van der Waals surface area contributed by atoms with E-state index in [4.69, 9.17) is 0 Å². The van der Waals surface area contributed by atoms with Crippen molar-refractivity contribution in [2.24, 2.45) is 0 Å². The largest absolute Gasteiger partial charge is 0.478 e. The molecule has 0 atom stereocenters. The Balaban J connectivity index is 3.50. The van der Waals surface area contributed by atoms with Gasteiger partial charge in [-0.3, -0.25) is 0 Å². The third-order valence-corrected chi connectivity index (χ3v) is 5.16. The second-order valence-electron chi connectivity index (χ2n) is 3.36. The van der Waals surface area contributed by atoms with E-state index in [9.17, 15) is 9.90 Å². The van der Waals surface area contributed by atoms with Crippen molar-refractivity contribution in [1.82, 2.24) is 0 Å². The molecule has 3 nitrogen and oxygen atoms in total. The van der Waals surface area contributed by atoms with Crippen molar-refractivity contribution in [3.05, 3.63) is 22.3 Å². The number of carboxylic acids is 1. The van der Waals surface area contributed by atoms with Gasteiger partial charge in [-0.05, 0) is 87.7 Å². The summed E-state index contributed by atoms with van der Waals surface area (Å²) < 4.78 is 2.72. The molecule has 1 rings (SSSR count). The minimum atomic E-state index is -0.858. The van der Waals surface area contributed by atoms with Crippen molar-refractivity contribution < 1.29 is 9.90 Å². The van der Waals surface area contributed by atoms with E-state index in [-0.39, 0.29) is 0 Å². The fourth-order valence-corrected chi connectivity index (χ4v) is 6.12. The lowest BCUT2D eigenvalue weighted by molar-refractivity contribution is 0.0694. The van der Waals surface area contributed by atoms with Crippen LogP contribution in [-0.4, -0.2) is 24.2 Å². The lowest BCUT2D eigenvalue weighted by Gasteiger charge is -2.25. The van der Waals surface area contributed by atoms with Crippen LogP contribution < -0.4 is 4.90 Å². The van der Waals surface area contributed by atoms with E-state index >= 15 is 0 Å². The van der Waals surface area contributed by atoms with Gasteiger partial charge >= 0.3 is 5.97 Å². The Kier molecular flexibility index (Phi) is 6.23. The quantitative estimate of drug-likeness (QED) is 0.556. The number of anilines is 1. The molecule has 0 amide bonds. The zero-order valence-corrected chi connectivity index (χ0v) is 15.9. The number of hydrogen-bond acceptors (Lipinski definition) is 2. The predicted molar refractivity (Wildman–Crippen MR) is 95.1 cm³/mol. The molecule has 17 heavy (non-hydrogen) atoms. The van der Waals surface area contributed by atoms with Gasteiger partial charge < -0.3 is 10.0 Å².